The van der Waals surface area contributed by atoms with Crippen molar-refractivity contribution in [3.8, 4) is 0 Å². The maximum atomic E-state index is 13.5. The van der Waals surface area contributed by atoms with Crippen molar-refractivity contribution < 1.29 is 32.7 Å². The summed E-state index contributed by atoms with van der Waals surface area (Å²) in [4.78, 5) is 54.5. The summed E-state index contributed by atoms with van der Waals surface area (Å²) in [5.74, 6) is -3.69. The predicted octanol–water partition coefficient (Wildman–Crippen LogP) is 1.02. The van der Waals surface area contributed by atoms with Crippen molar-refractivity contribution in [1.82, 2.24) is 20.4 Å². The second-order valence-corrected chi connectivity index (χ2v) is 8.46. The molecule has 2 unspecified atom stereocenters. The van der Waals surface area contributed by atoms with Crippen LogP contribution in [0.25, 0.3) is 0 Å². The van der Waals surface area contributed by atoms with Crippen molar-refractivity contribution >= 4 is 29.6 Å². The van der Waals surface area contributed by atoms with Crippen LogP contribution in [0.5, 0.6) is 0 Å². The molecule has 2 N–H and O–H groups in total. The van der Waals surface area contributed by atoms with E-state index >= 15 is 0 Å². The van der Waals surface area contributed by atoms with E-state index in [1.807, 2.05) is 4.90 Å². The van der Waals surface area contributed by atoms with Crippen LogP contribution in [0, 0.1) is 17.6 Å². The van der Waals surface area contributed by atoms with Gasteiger partial charge in [-0.05, 0) is 18.6 Å². The Hall–Kier alpha value is -3.44. The molecule has 0 radical (unpaired) electrons. The van der Waals surface area contributed by atoms with Crippen LogP contribution in [0.4, 0.5) is 24.1 Å². The van der Waals surface area contributed by atoms with E-state index in [2.05, 4.69) is 10.6 Å². The van der Waals surface area contributed by atoms with Crippen molar-refractivity contribution in [2.24, 2.45) is 5.92 Å². The Morgan fingerprint density at radius 2 is 1.76 bits per heavy atom. The van der Waals surface area contributed by atoms with Crippen molar-refractivity contribution in [3.05, 3.63) is 29.8 Å². The number of likely N-dealkylation sites (tertiary alicyclic amines) is 1. The van der Waals surface area contributed by atoms with E-state index in [0.29, 0.717) is 45.0 Å². The predicted molar refractivity (Wildman–Crippen MR) is 111 cm³/mol. The first-order chi connectivity index (χ1) is 15.7. The smallest absolute Gasteiger partial charge is 0.412 e. The molecule has 3 saturated heterocycles. The number of halogens is 2. The van der Waals surface area contributed by atoms with Crippen LogP contribution in [-0.2, 0) is 14.3 Å². The van der Waals surface area contributed by atoms with Gasteiger partial charge in [0.05, 0.1) is 0 Å². The fourth-order valence-electron chi connectivity index (χ4n) is 4.14. The Labute approximate surface area is 188 Å². The van der Waals surface area contributed by atoms with Gasteiger partial charge in [-0.25, -0.2) is 18.4 Å². The lowest BCUT2D eigenvalue weighted by Gasteiger charge is -2.38. The first-order valence-electron chi connectivity index (χ1n) is 10.8. The molecule has 5 amide bonds. The molecular formula is C21H25F2N5O5. The zero-order valence-corrected chi connectivity index (χ0v) is 18.1. The first kappa shape index (κ1) is 22.7. The van der Waals surface area contributed by atoms with Crippen molar-refractivity contribution in [2.45, 2.75) is 25.5 Å². The number of ether oxygens (including phenoxy) is 1. The fourth-order valence-corrected chi connectivity index (χ4v) is 4.14. The number of nitrogens with zero attached hydrogens (tertiary/aromatic N) is 3. The molecule has 3 heterocycles. The number of carbonyl (C=O) groups excluding carboxylic acids is 4. The molecule has 3 aliphatic heterocycles. The van der Waals surface area contributed by atoms with Gasteiger partial charge in [-0.1, -0.05) is 6.92 Å². The molecule has 3 fully saturated rings. The molecule has 33 heavy (non-hydrogen) atoms. The molecule has 178 valence electrons. The van der Waals surface area contributed by atoms with Crippen molar-refractivity contribution in [3.63, 3.8) is 0 Å². The third-order valence-electron chi connectivity index (χ3n) is 6.16. The van der Waals surface area contributed by atoms with E-state index in [9.17, 15) is 28.0 Å². The highest BCUT2D eigenvalue weighted by atomic mass is 19.2. The van der Waals surface area contributed by atoms with Crippen molar-refractivity contribution in [1.29, 1.82) is 0 Å². The van der Waals surface area contributed by atoms with Gasteiger partial charge in [-0.3, -0.25) is 20.2 Å². The highest BCUT2D eigenvalue weighted by molar-refractivity contribution is 6.07. The number of urea groups is 1. The van der Waals surface area contributed by atoms with Crippen LogP contribution in [0.15, 0.2) is 18.2 Å². The molecule has 0 spiro atoms. The monoisotopic (exact) mass is 465 g/mol. The minimum absolute atomic E-state index is 0.216. The zero-order valence-electron chi connectivity index (χ0n) is 18.1. The third kappa shape index (κ3) is 4.55. The molecule has 4 rings (SSSR count). The zero-order chi connectivity index (χ0) is 23.8. The van der Waals surface area contributed by atoms with Crippen LogP contribution >= 0.6 is 0 Å². The summed E-state index contributed by atoms with van der Waals surface area (Å²) in [6.07, 6.45) is -0.114. The van der Waals surface area contributed by atoms with Crippen LogP contribution < -0.4 is 15.5 Å². The van der Waals surface area contributed by atoms with Crippen molar-refractivity contribution in [2.75, 3.05) is 44.2 Å². The van der Waals surface area contributed by atoms with Crippen LogP contribution in [-0.4, -0.2) is 78.7 Å². The molecular weight excluding hydrogens is 440 g/mol. The lowest BCUT2D eigenvalue weighted by atomic mass is 9.96. The molecule has 0 aliphatic carbocycles. The number of hydrogen-bond donors (Lipinski definition) is 2. The largest absolute Gasteiger partial charge is 0.413 e. The number of hydrogen-bond acceptors (Lipinski definition) is 6. The highest BCUT2D eigenvalue weighted by Crippen LogP contribution is 2.27. The summed E-state index contributed by atoms with van der Waals surface area (Å²) in [6.45, 7) is 4.09. The van der Waals surface area contributed by atoms with E-state index in [1.54, 1.807) is 11.8 Å². The topological polar surface area (TPSA) is 111 Å². The van der Waals surface area contributed by atoms with Crippen LogP contribution in [0.1, 0.15) is 19.8 Å². The second kappa shape index (κ2) is 8.83. The Kier molecular flexibility index (Phi) is 6.09. The average Bonchev–Trinajstić information content (AvgIpc) is 3.00. The van der Waals surface area contributed by atoms with Gasteiger partial charge < -0.3 is 19.4 Å². The standard InChI is InChI=1S/C21H25F2N5O5/c1-13(12-21(18(30)24-19(31)25-21)33-20(32)28-5-2-6-28)17(29)27-9-7-26(8-10-27)14-3-4-15(22)16(23)11-14/h3-4,11,13H,2,5-10,12H2,1H3,(H2,24,25,30,31). The number of amides is 5. The summed E-state index contributed by atoms with van der Waals surface area (Å²) in [7, 11) is 0. The Balaban J connectivity index is 1.38. The first-order valence-corrected chi connectivity index (χ1v) is 10.8. The second-order valence-electron chi connectivity index (χ2n) is 8.46. The lowest BCUT2D eigenvalue weighted by Crippen LogP contribution is -2.57. The molecule has 10 nitrogen and oxygen atoms in total. The summed E-state index contributed by atoms with van der Waals surface area (Å²) in [5.41, 5.74) is -1.43. The number of carbonyl (C=O) groups is 4. The highest BCUT2D eigenvalue weighted by Gasteiger charge is 2.52. The minimum atomic E-state index is -1.95. The minimum Gasteiger partial charge on any atom is -0.413 e. The summed E-state index contributed by atoms with van der Waals surface area (Å²) in [6, 6.07) is 2.87. The molecule has 0 saturated carbocycles. The third-order valence-corrected chi connectivity index (χ3v) is 6.16. The Bertz CT molecular complexity index is 980. The fraction of sp³-hybridized carbons (Fsp3) is 0.524. The van der Waals surface area contributed by atoms with Gasteiger partial charge in [-0.2, -0.15) is 0 Å². The maximum Gasteiger partial charge on any atom is 0.412 e. The molecule has 2 atom stereocenters. The van der Waals surface area contributed by atoms with Gasteiger partial charge >= 0.3 is 12.1 Å². The van der Waals surface area contributed by atoms with E-state index in [0.717, 1.165) is 18.6 Å². The number of anilines is 1. The quantitative estimate of drug-likeness (QED) is 0.629. The van der Waals surface area contributed by atoms with Gasteiger partial charge in [0, 0.05) is 63.4 Å². The molecule has 3 aliphatic rings. The molecule has 0 aromatic heterocycles. The molecule has 0 bridgehead atoms. The van der Waals surface area contributed by atoms with E-state index < -0.39 is 41.3 Å². The van der Waals surface area contributed by atoms with E-state index in [4.69, 9.17) is 4.74 Å². The molecule has 1 aromatic rings. The normalized spacial score (nSPS) is 23.5. The molecule has 1 aromatic carbocycles. The number of nitrogens with one attached hydrogen (secondary N) is 2. The summed E-state index contributed by atoms with van der Waals surface area (Å²) in [5, 5.41) is 4.43. The van der Waals surface area contributed by atoms with Gasteiger partial charge in [0.15, 0.2) is 11.6 Å². The van der Waals surface area contributed by atoms with Crippen LogP contribution in [0.3, 0.4) is 0 Å². The Morgan fingerprint density at radius 1 is 1.06 bits per heavy atom. The maximum absolute atomic E-state index is 13.5. The van der Waals surface area contributed by atoms with Gasteiger partial charge in [0.1, 0.15) is 0 Å². The van der Waals surface area contributed by atoms with Gasteiger partial charge in [0.25, 0.3) is 11.6 Å². The van der Waals surface area contributed by atoms with Gasteiger partial charge in [-0.15, -0.1) is 0 Å². The van der Waals surface area contributed by atoms with Gasteiger partial charge in [0.2, 0.25) is 5.91 Å². The van der Waals surface area contributed by atoms with Crippen LogP contribution in [0.2, 0.25) is 0 Å². The molecule has 12 heteroatoms. The summed E-state index contributed by atoms with van der Waals surface area (Å²) < 4.78 is 32.1. The number of rotatable bonds is 5. The Morgan fingerprint density at radius 3 is 2.30 bits per heavy atom. The summed E-state index contributed by atoms with van der Waals surface area (Å²) >= 11 is 0. The number of piperazine rings is 1. The van der Waals surface area contributed by atoms with E-state index in [1.165, 1.54) is 11.0 Å². The average molecular weight is 465 g/mol. The SMILES string of the molecule is CC(CC1(OC(=O)N2CCC2)NC(=O)NC1=O)C(=O)N1CCN(c2ccc(F)c(F)c2)CC1. The lowest BCUT2D eigenvalue weighted by molar-refractivity contribution is -0.145. The number of benzene rings is 1. The van der Waals surface area contributed by atoms with E-state index in [-0.39, 0.29) is 12.3 Å². The number of imide groups is 1.